The highest BCUT2D eigenvalue weighted by molar-refractivity contribution is 5.71. The zero-order valence-corrected chi connectivity index (χ0v) is 9.86. The van der Waals surface area contributed by atoms with E-state index in [2.05, 4.69) is 25.7 Å². The summed E-state index contributed by atoms with van der Waals surface area (Å²) in [5.74, 6) is -0.137. The van der Waals surface area contributed by atoms with Crippen LogP contribution in [0, 0.1) is 17.3 Å². The molecule has 2 bridgehead atoms. The van der Waals surface area contributed by atoms with Crippen molar-refractivity contribution >= 4 is 5.97 Å². The number of aliphatic carboxylic acids is 1. The first-order valence-corrected chi connectivity index (χ1v) is 5.86. The monoisotopic (exact) mass is 211 g/mol. The Morgan fingerprint density at radius 2 is 2.07 bits per heavy atom. The first kappa shape index (κ1) is 10.9. The fourth-order valence-electron chi connectivity index (χ4n) is 3.44. The summed E-state index contributed by atoms with van der Waals surface area (Å²) in [6.45, 7) is 8.69. The molecule has 4 unspecified atom stereocenters. The van der Waals surface area contributed by atoms with Gasteiger partial charge in [-0.15, -0.1) is 0 Å². The van der Waals surface area contributed by atoms with E-state index in [-0.39, 0.29) is 17.4 Å². The first-order chi connectivity index (χ1) is 6.89. The van der Waals surface area contributed by atoms with Crippen LogP contribution in [0.25, 0.3) is 0 Å². The molecule has 0 spiro atoms. The average Bonchev–Trinajstić information content (AvgIpc) is 2.44. The quantitative estimate of drug-likeness (QED) is 0.719. The second kappa shape index (κ2) is 3.48. The van der Waals surface area contributed by atoms with Crippen LogP contribution in [0.3, 0.4) is 0 Å². The lowest BCUT2D eigenvalue weighted by Gasteiger charge is -2.44. The lowest BCUT2D eigenvalue weighted by atomic mass is 9.73. The van der Waals surface area contributed by atoms with E-state index in [4.69, 9.17) is 0 Å². The van der Waals surface area contributed by atoms with Crippen molar-refractivity contribution in [3.63, 3.8) is 0 Å². The number of fused-ring (bicyclic) bond motifs is 2. The Balaban J connectivity index is 2.25. The van der Waals surface area contributed by atoms with E-state index in [9.17, 15) is 9.90 Å². The highest BCUT2D eigenvalue weighted by Gasteiger charge is 2.47. The number of hydrogen-bond acceptors (Lipinski definition) is 2. The molecule has 0 saturated carbocycles. The Morgan fingerprint density at radius 1 is 1.40 bits per heavy atom. The summed E-state index contributed by atoms with van der Waals surface area (Å²) in [6.07, 6.45) is 2.07. The van der Waals surface area contributed by atoms with E-state index < -0.39 is 5.97 Å². The summed E-state index contributed by atoms with van der Waals surface area (Å²) >= 11 is 0. The molecule has 0 aromatic rings. The minimum atomic E-state index is -0.605. The van der Waals surface area contributed by atoms with Gasteiger partial charge in [-0.25, -0.2) is 0 Å². The minimum Gasteiger partial charge on any atom is -0.481 e. The molecule has 0 radical (unpaired) electrons. The van der Waals surface area contributed by atoms with Gasteiger partial charge in [0, 0.05) is 12.6 Å². The van der Waals surface area contributed by atoms with Gasteiger partial charge in [0.2, 0.25) is 0 Å². The summed E-state index contributed by atoms with van der Waals surface area (Å²) in [7, 11) is 0. The van der Waals surface area contributed by atoms with E-state index in [0.29, 0.717) is 5.92 Å². The summed E-state index contributed by atoms with van der Waals surface area (Å²) in [5, 5.41) is 9.31. The lowest BCUT2D eigenvalue weighted by Crippen LogP contribution is -2.53. The van der Waals surface area contributed by atoms with E-state index >= 15 is 0 Å². The van der Waals surface area contributed by atoms with Crippen molar-refractivity contribution in [3.8, 4) is 0 Å². The van der Waals surface area contributed by atoms with Crippen molar-refractivity contribution in [2.75, 3.05) is 13.1 Å². The van der Waals surface area contributed by atoms with Crippen LogP contribution in [0.4, 0.5) is 0 Å². The number of carboxylic acid groups (broad SMARTS) is 1. The molecule has 86 valence electrons. The Bertz CT molecular complexity index is 269. The number of rotatable bonds is 1. The number of nitrogens with zero attached hydrogens (tertiary/aromatic N) is 1. The number of piperidine rings is 1. The number of carboxylic acids is 1. The summed E-state index contributed by atoms with van der Waals surface area (Å²) < 4.78 is 0. The maximum absolute atomic E-state index is 11.3. The third-order valence-corrected chi connectivity index (χ3v) is 3.88. The lowest BCUT2D eigenvalue weighted by molar-refractivity contribution is -0.148. The van der Waals surface area contributed by atoms with Gasteiger partial charge in [0.1, 0.15) is 0 Å². The van der Waals surface area contributed by atoms with Crippen LogP contribution in [0.2, 0.25) is 0 Å². The van der Waals surface area contributed by atoms with Crippen LogP contribution in [0.1, 0.15) is 33.6 Å². The van der Waals surface area contributed by atoms with E-state index in [1.165, 1.54) is 6.42 Å². The third kappa shape index (κ3) is 1.89. The molecule has 2 saturated heterocycles. The first-order valence-electron chi connectivity index (χ1n) is 5.86. The zero-order chi connectivity index (χ0) is 11.2. The largest absolute Gasteiger partial charge is 0.481 e. The normalized spacial score (nSPS) is 40.5. The van der Waals surface area contributed by atoms with E-state index in [1.807, 2.05) is 0 Å². The summed E-state index contributed by atoms with van der Waals surface area (Å²) in [6, 6.07) is 0.216. The summed E-state index contributed by atoms with van der Waals surface area (Å²) in [4.78, 5) is 13.7. The van der Waals surface area contributed by atoms with Gasteiger partial charge in [-0.1, -0.05) is 20.8 Å². The Kier molecular flexibility index (Phi) is 2.53. The van der Waals surface area contributed by atoms with E-state index in [1.54, 1.807) is 0 Å². The van der Waals surface area contributed by atoms with Crippen molar-refractivity contribution in [1.82, 2.24) is 4.90 Å². The molecule has 0 aromatic carbocycles. The standard InChI is InChI=1S/C12H21NO2/c1-12(2,3)10-9(11(14)15)6-8-4-5-13(10)7-8/h8-10H,4-7H2,1-3H3,(H,14,15). The van der Waals surface area contributed by atoms with Gasteiger partial charge in [0.15, 0.2) is 0 Å². The van der Waals surface area contributed by atoms with Gasteiger partial charge >= 0.3 is 5.97 Å². The van der Waals surface area contributed by atoms with Gasteiger partial charge in [0.25, 0.3) is 0 Å². The molecule has 15 heavy (non-hydrogen) atoms. The molecular weight excluding hydrogens is 190 g/mol. The number of hydrogen-bond donors (Lipinski definition) is 1. The van der Waals surface area contributed by atoms with Crippen molar-refractivity contribution in [3.05, 3.63) is 0 Å². The molecule has 0 amide bonds. The smallest absolute Gasteiger partial charge is 0.308 e. The molecule has 2 rings (SSSR count). The Labute approximate surface area is 91.5 Å². The second-order valence-electron chi connectivity index (χ2n) is 6.14. The molecule has 2 aliphatic rings. The van der Waals surface area contributed by atoms with Crippen molar-refractivity contribution in [2.45, 2.75) is 39.7 Å². The van der Waals surface area contributed by atoms with Crippen LogP contribution in [0.15, 0.2) is 0 Å². The van der Waals surface area contributed by atoms with Crippen LogP contribution in [-0.2, 0) is 4.79 Å². The zero-order valence-electron chi connectivity index (χ0n) is 9.86. The minimum absolute atomic E-state index is 0.0678. The predicted molar refractivity (Wildman–Crippen MR) is 58.7 cm³/mol. The predicted octanol–water partition coefficient (Wildman–Crippen LogP) is 1.83. The SMILES string of the molecule is CC(C)(C)C1C(C(=O)O)CC2CCN1C2. The maximum Gasteiger partial charge on any atom is 0.308 e. The van der Waals surface area contributed by atoms with Crippen LogP contribution in [-0.4, -0.2) is 35.1 Å². The van der Waals surface area contributed by atoms with Crippen molar-refractivity contribution < 1.29 is 9.90 Å². The third-order valence-electron chi connectivity index (χ3n) is 3.88. The van der Waals surface area contributed by atoms with Crippen LogP contribution in [0.5, 0.6) is 0 Å². The van der Waals surface area contributed by atoms with Crippen molar-refractivity contribution in [2.24, 2.45) is 17.3 Å². The highest BCUT2D eigenvalue weighted by atomic mass is 16.4. The second-order valence-corrected chi connectivity index (χ2v) is 6.14. The van der Waals surface area contributed by atoms with Gasteiger partial charge in [-0.2, -0.15) is 0 Å². The fourth-order valence-corrected chi connectivity index (χ4v) is 3.44. The van der Waals surface area contributed by atoms with Gasteiger partial charge < -0.3 is 5.11 Å². The van der Waals surface area contributed by atoms with Gasteiger partial charge in [-0.05, 0) is 30.7 Å². The Hall–Kier alpha value is -0.570. The van der Waals surface area contributed by atoms with Crippen LogP contribution < -0.4 is 0 Å². The topological polar surface area (TPSA) is 40.5 Å². The molecule has 1 N–H and O–H groups in total. The summed E-state index contributed by atoms with van der Waals surface area (Å²) in [5.41, 5.74) is 0.0678. The fraction of sp³-hybridized carbons (Fsp3) is 0.917. The molecular formula is C12H21NO2. The van der Waals surface area contributed by atoms with Gasteiger partial charge in [0.05, 0.1) is 5.92 Å². The van der Waals surface area contributed by atoms with Crippen LogP contribution >= 0.6 is 0 Å². The Morgan fingerprint density at radius 3 is 2.60 bits per heavy atom. The van der Waals surface area contributed by atoms with E-state index in [0.717, 1.165) is 19.5 Å². The number of carbonyl (C=O) groups is 1. The molecule has 3 nitrogen and oxygen atoms in total. The highest BCUT2D eigenvalue weighted by Crippen LogP contribution is 2.42. The molecule has 0 aliphatic carbocycles. The molecule has 2 aliphatic heterocycles. The average molecular weight is 211 g/mol. The molecule has 2 fully saturated rings. The molecule has 2 heterocycles. The molecule has 3 heteroatoms. The molecule has 4 atom stereocenters. The maximum atomic E-state index is 11.3. The van der Waals surface area contributed by atoms with Crippen molar-refractivity contribution in [1.29, 1.82) is 0 Å². The van der Waals surface area contributed by atoms with Gasteiger partial charge in [-0.3, -0.25) is 9.69 Å². The molecule has 0 aromatic heterocycles.